The smallest absolute Gasteiger partial charge is 0.303 e. The lowest BCUT2D eigenvalue weighted by Crippen LogP contribution is -2.16. The number of carboxylic acid groups (broad SMARTS) is 1. The Balaban J connectivity index is 3.58. The van der Waals surface area contributed by atoms with Crippen molar-refractivity contribution in [2.75, 3.05) is 0 Å². The van der Waals surface area contributed by atoms with E-state index in [1.54, 1.807) is 0 Å². The van der Waals surface area contributed by atoms with E-state index in [-0.39, 0.29) is 12.5 Å². The molecule has 0 aromatic heterocycles. The van der Waals surface area contributed by atoms with Crippen molar-refractivity contribution in [2.45, 2.75) is 51.5 Å². The van der Waals surface area contributed by atoms with Gasteiger partial charge in [-0.25, -0.2) is 0 Å². The van der Waals surface area contributed by atoms with Crippen molar-refractivity contribution in [3.05, 3.63) is 17.9 Å². The predicted molar refractivity (Wildman–Crippen MR) is 61.6 cm³/mol. The molecule has 0 aliphatic carbocycles. The molecule has 0 spiro atoms. The molecule has 0 radical (unpaired) electrons. The average Bonchev–Trinajstić information content (AvgIpc) is 2.17. The zero-order valence-corrected chi connectivity index (χ0v) is 9.41. The molecule has 3 heteroatoms. The molecule has 1 unspecified atom stereocenters. The molecule has 0 amide bonds. The molecule has 0 saturated heterocycles. The highest BCUT2D eigenvalue weighted by molar-refractivity contribution is 5.66. The maximum atomic E-state index is 10.2. The van der Waals surface area contributed by atoms with E-state index in [1.807, 2.05) is 12.2 Å². The van der Waals surface area contributed by atoms with Crippen molar-refractivity contribution in [2.24, 2.45) is 5.73 Å². The van der Waals surface area contributed by atoms with Crippen LogP contribution in [0.3, 0.4) is 0 Å². The molecule has 0 bridgehead atoms. The molecule has 0 aliphatic heterocycles. The minimum atomic E-state index is -0.760. The summed E-state index contributed by atoms with van der Waals surface area (Å²) < 4.78 is 0. The molecule has 0 aromatic carbocycles. The van der Waals surface area contributed by atoms with Gasteiger partial charge >= 0.3 is 5.97 Å². The Bertz CT molecular complexity index is 230. The van der Waals surface area contributed by atoms with Crippen molar-refractivity contribution in [3.8, 4) is 0 Å². The topological polar surface area (TPSA) is 63.3 Å². The Hall–Kier alpha value is -1.05. The lowest BCUT2D eigenvalue weighted by atomic mass is 10.1. The Morgan fingerprint density at radius 2 is 2.27 bits per heavy atom. The molecule has 0 aromatic rings. The molecule has 0 heterocycles. The van der Waals surface area contributed by atoms with Crippen molar-refractivity contribution >= 4 is 5.97 Å². The van der Waals surface area contributed by atoms with Crippen LogP contribution in [0, 0.1) is 0 Å². The van der Waals surface area contributed by atoms with Gasteiger partial charge in [-0.1, -0.05) is 13.3 Å². The standard InChI is InChI=1S/C12H21NO2/c1-2-3-4-5-6-8-11(13)9-7-10-12(14)15/h5,8,11H,2-4,7,9-10,13H2,1H3,(H,14,15). The minimum Gasteiger partial charge on any atom is -0.481 e. The van der Waals surface area contributed by atoms with Crippen LogP contribution in [-0.4, -0.2) is 17.1 Å². The number of nitrogens with two attached hydrogens (primary N) is 1. The summed E-state index contributed by atoms with van der Waals surface area (Å²) in [5.74, 6) is -0.760. The summed E-state index contributed by atoms with van der Waals surface area (Å²) in [4.78, 5) is 10.2. The van der Waals surface area contributed by atoms with Gasteiger partial charge in [-0.3, -0.25) is 4.79 Å². The molecule has 3 nitrogen and oxygen atoms in total. The Morgan fingerprint density at radius 3 is 2.87 bits per heavy atom. The van der Waals surface area contributed by atoms with E-state index in [9.17, 15) is 4.79 Å². The van der Waals surface area contributed by atoms with Crippen LogP contribution >= 0.6 is 0 Å². The Labute approximate surface area is 91.7 Å². The SMILES string of the molecule is CCCCC=C=CC(N)CCCC(=O)O. The second-order valence-electron chi connectivity index (χ2n) is 3.63. The number of unbranched alkanes of at least 4 members (excludes halogenated alkanes) is 2. The van der Waals surface area contributed by atoms with Gasteiger partial charge in [0.2, 0.25) is 0 Å². The van der Waals surface area contributed by atoms with Crippen LogP contribution in [0.5, 0.6) is 0 Å². The van der Waals surface area contributed by atoms with E-state index in [2.05, 4.69) is 12.7 Å². The van der Waals surface area contributed by atoms with Gasteiger partial charge in [0.05, 0.1) is 0 Å². The fourth-order valence-electron chi connectivity index (χ4n) is 1.15. The predicted octanol–water partition coefficient (Wildman–Crippen LogP) is 2.47. The van der Waals surface area contributed by atoms with Crippen LogP contribution in [0.2, 0.25) is 0 Å². The second-order valence-corrected chi connectivity index (χ2v) is 3.63. The van der Waals surface area contributed by atoms with Gasteiger partial charge in [0.1, 0.15) is 0 Å². The molecule has 0 rings (SSSR count). The van der Waals surface area contributed by atoms with Gasteiger partial charge in [0.25, 0.3) is 0 Å². The lowest BCUT2D eigenvalue weighted by molar-refractivity contribution is -0.137. The molecule has 0 aliphatic rings. The quantitative estimate of drug-likeness (QED) is 0.479. The average molecular weight is 211 g/mol. The fourth-order valence-corrected chi connectivity index (χ4v) is 1.15. The van der Waals surface area contributed by atoms with Crippen LogP contribution in [-0.2, 0) is 4.79 Å². The molecular weight excluding hydrogens is 190 g/mol. The van der Waals surface area contributed by atoms with E-state index in [0.717, 1.165) is 6.42 Å². The van der Waals surface area contributed by atoms with E-state index in [0.29, 0.717) is 12.8 Å². The van der Waals surface area contributed by atoms with Gasteiger partial charge in [0.15, 0.2) is 0 Å². The number of rotatable bonds is 8. The first-order valence-electron chi connectivity index (χ1n) is 5.55. The summed E-state index contributed by atoms with van der Waals surface area (Å²) in [6, 6.07) is -0.0674. The van der Waals surface area contributed by atoms with Crippen molar-refractivity contribution in [1.82, 2.24) is 0 Å². The molecule has 15 heavy (non-hydrogen) atoms. The number of carbonyl (C=O) groups is 1. The van der Waals surface area contributed by atoms with Crippen LogP contribution in [0.15, 0.2) is 17.9 Å². The fraction of sp³-hybridized carbons (Fsp3) is 0.667. The van der Waals surface area contributed by atoms with Crippen molar-refractivity contribution in [3.63, 3.8) is 0 Å². The second kappa shape index (κ2) is 9.50. The first kappa shape index (κ1) is 13.9. The first-order chi connectivity index (χ1) is 7.16. The third kappa shape index (κ3) is 10.9. The molecular formula is C12H21NO2. The summed E-state index contributed by atoms with van der Waals surface area (Å²) in [7, 11) is 0. The van der Waals surface area contributed by atoms with Crippen molar-refractivity contribution in [1.29, 1.82) is 0 Å². The van der Waals surface area contributed by atoms with Gasteiger partial charge in [0, 0.05) is 12.5 Å². The highest BCUT2D eigenvalue weighted by Gasteiger charge is 2.00. The third-order valence-corrected chi connectivity index (χ3v) is 2.06. The first-order valence-corrected chi connectivity index (χ1v) is 5.55. The number of hydrogen-bond donors (Lipinski definition) is 2. The van der Waals surface area contributed by atoms with E-state index < -0.39 is 5.97 Å². The van der Waals surface area contributed by atoms with Crippen LogP contribution in [0.25, 0.3) is 0 Å². The third-order valence-electron chi connectivity index (χ3n) is 2.06. The Morgan fingerprint density at radius 1 is 1.53 bits per heavy atom. The molecule has 86 valence electrons. The summed E-state index contributed by atoms with van der Waals surface area (Å²) in [5.41, 5.74) is 8.78. The largest absolute Gasteiger partial charge is 0.481 e. The maximum absolute atomic E-state index is 10.2. The van der Waals surface area contributed by atoms with E-state index in [4.69, 9.17) is 10.8 Å². The molecule has 0 fully saturated rings. The number of hydrogen-bond acceptors (Lipinski definition) is 2. The van der Waals surface area contributed by atoms with Gasteiger partial charge < -0.3 is 10.8 Å². The normalized spacial score (nSPS) is 11.6. The zero-order chi connectivity index (χ0) is 11.5. The van der Waals surface area contributed by atoms with Gasteiger partial charge in [-0.05, 0) is 37.8 Å². The van der Waals surface area contributed by atoms with Gasteiger partial charge in [-0.2, -0.15) is 0 Å². The molecule has 3 N–H and O–H groups in total. The van der Waals surface area contributed by atoms with E-state index >= 15 is 0 Å². The van der Waals surface area contributed by atoms with Crippen molar-refractivity contribution < 1.29 is 9.90 Å². The monoisotopic (exact) mass is 211 g/mol. The van der Waals surface area contributed by atoms with Crippen LogP contribution in [0.1, 0.15) is 45.4 Å². The highest BCUT2D eigenvalue weighted by Crippen LogP contribution is 2.00. The highest BCUT2D eigenvalue weighted by atomic mass is 16.4. The minimum absolute atomic E-state index is 0.0674. The lowest BCUT2D eigenvalue weighted by Gasteiger charge is -2.02. The Kier molecular flexibility index (Phi) is 8.84. The van der Waals surface area contributed by atoms with Crippen LogP contribution in [0.4, 0.5) is 0 Å². The van der Waals surface area contributed by atoms with Gasteiger partial charge in [-0.15, -0.1) is 5.73 Å². The summed E-state index contributed by atoms with van der Waals surface area (Å²) in [5, 5.41) is 8.43. The summed E-state index contributed by atoms with van der Waals surface area (Å²) in [6.45, 7) is 2.15. The summed E-state index contributed by atoms with van der Waals surface area (Å²) >= 11 is 0. The molecule has 0 saturated carbocycles. The number of carboxylic acids is 1. The molecule has 1 atom stereocenters. The maximum Gasteiger partial charge on any atom is 0.303 e. The summed E-state index contributed by atoms with van der Waals surface area (Å²) in [6.07, 6.45) is 8.73. The number of aliphatic carboxylic acids is 1. The zero-order valence-electron chi connectivity index (χ0n) is 9.41. The van der Waals surface area contributed by atoms with E-state index in [1.165, 1.54) is 12.8 Å². The van der Waals surface area contributed by atoms with Crippen LogP contribution < -0.4 is 5.73 Å².